The predicted molar refractivity (Wildman–Crippen MR) is 109 cm³/mol. The van der Waals surface area contributed by atoms with E-state index in [1.807, 2.05) is 6.07 Å². The summed E-state index contributed by atoms with van der Waals surface area (Å²) < 4.78 is 28.0. The summed E-state index contributed by atoms with van der Waals surface area (Å²) in [5.74, 6) is 9.59. The molecule has 2 unspecified atom stereocenters. The molecule has 2 aromatic carbocycles. The van der Waals surface area contributed by atoms with Crippen molar-refractivity contribution in [2.75, 3.05) is 41.2 Å². The summed E-state index contributed by atoms with van der Waals surface area (Å²) in [5, 5.41) is 0. The van der Waals surface area contributed by atoms with Gasteiger partial charge in [0.15, 0.2) is 29.0 Å². The maximum Gasteiger partial charge on any atom is 0.231 e. The van der Waals surface area contributed by atoms with Gasteiger partial charge in [-0.2, -0.15) is 0 Å². The molecule has 0 saturated heterocycles. The van der Waals surface area contributed by atoms with Crippen molar-refractivity contribution in [1.82, 2.24) is 0 Å². The Morgan fingerprint density at radius 3 is 2.83 bits per heavy atom. The molecule has 2 atom stereocenters. The van der Waals surface area contributed by atoms with Gasteiger partial charge in [0, 0.05) is 12.0 Å². The first-order valence-corrected chi connectivity index (χ1v) is 9.72. The minimum Gasteiger partial charge on any atom is -0.493 e. The van der Waals surface area contributed by atoms with Crippen molar-refractivity contribution in [1.29, 1.82) is 0 Å². The third kappa shape index (κ3) is 3.62. The minimum absolute atomic E-state index is 0.0684. The maximum absolute atomic E-state index is 10.9. The van der Waals surface area contributed by atoms with Gasteiger partial charge in [-0.15, -0.1) is 0 Å². The standard InChI is InChI=1S/C23H23NO6/c1-24-9-8-16-12-20-22(30-14-29-20)23(27-3)21(16)17(24)5-4-10-28-18-7-6-15(13-25)11-19(18)26-2/h6-7,11-13,17H,8-10,14H2,1-3H3/p+1. The Morgan fingerprint density at radius 1 is 1.20 bits per heavy atom. The molecule has 2 aliphatic rings. The van der Waals surface area contributed by atoms with Gasteiger partial charge in [0.2, 0.25) is 12.5 Å². The average Bonchev–Trinajstić information content (AvgIpc) is 3.24. The molecule has 0 aliphatic carbocycles. The van der Waals surface area contributed by atoms with Gasteiger partial charge in [-0.25, -0.2) is 0 Å². The molecule has 0 aromatic heterocycles. The third-order valence-corrected chi connectivity index (χ3v) is 5.39. The fourth-order valence-electron chi connectivity index (χ4n) is 3.86. The molecule has 0 spiro atoms. The van der Waals surface area contributed by atoms with E-state index in [2.05, 4.69) is 18.9 Å². The van der Waals surface area contributed by atoms with Gasteiger partial charge in [0.1, 0.15) is 12.9 Å². The SMILES string of the molecule is COc1cc(C=O)ccc1OCC#CC1c2c(cc3c(c2OC)OCO3)CC[NH+]1C. The number of rotatable bonds is 5. The highest BCUT2D eigenvalue weighted by molar-refractivity contribution is 5.76. The van der Waals surface area contributed by atoms with Crippen LogP contribution in [0.4, 0.5) is 0 Å². The molecular weight excluding hydrogens is 386 g/mol. The molecule has 0 saturated carbocycles. The van der Waals surface area contributed by atoms with E-state index in [4.69, 9.17) is 23.7 Å². The number of nitrogens with one attached hydrogen (secondary N) is 1. The fourth-order valence-corrected chi connectivity index (χ4v) is 3.86. The van der Waals surface area contributed by atoms with Crippen molar-refractivity contribution in [3.8, 4) is 40.6 Å². The van der Waals surface area contributed by atoms with Gasteiger partial charge in [0.05, 0.1) is 33.4 Å². The summed E-state index contributed by atoms with van der Waals surface area (Å²) in [4.78, 5) is 12.2. The Morgan fingerprint density at radius 2 is 2.07 bits per heavy atom. The van der Waals surface area contributed by atoms with Crippen LogP contribution in [-0.2, 0) is 6.42 Å². The molecule has 2 heterocycles. The Hall–Kier alpha value is -3.37. The molecule has 1 N–H and O–H groups in total. The van der Waals surface area contributed by atoms with Crippen molar-refractivity contribution < 1.29 is 33.4 Å². The van der Waals surface area contributed by atoms with Crippen LogP contribution in [0.5, 0.6) is 28.7 Å². The molecule has 2 aromatic rings. The summed E-state index contributed by atoms with van der Waals surface area (Å²) in [6, 6.07) is 7.00. The number of carbonyl (C=O) groups excluding carboxylic acids is 1. The second kappa shape index (κ2) is 8.56. The topological polar surface area (TPSA) is 67.7 Å². The lowest BCUT2D eigenvalue weighted by Gasteiger charge is -2.30. The van der Waals surface area contributed by atoms with Crippen molar-refractivity contribution >= 4 is 6.29 Å². The van der Waals surface area contributed by atoms with E-state index < -0.39 is 0 Å². The van der Waals surface area contributed by atoms with Crippen LogP contribution in [0.15, 0.2) is 24.3 Å². The highest BCUT2D eigenvalue weighted by atomic mass is 16.7. The van der Waals surface area contributed by atoms with Gasteiger partial charge >= 0.3 is 0 Å². The number of aldehydes is 1. The summed E-state index contributed by atoms with van der Waals surface area (Å²) in [6.45, 7) is 1.35. The Bertz CT molecular complexity index is 1020. The molecule has 156 valence electrons. The molecule has 0 bridgehead atoms. The molecule has 0 fully saturated rings. The zero-order valence-corrected chi connectivity index (χ0v) is 17.2. The zero-order valence-electron chi connectivity index (χ0n) is 17.2. The highest BCUT2D eigenvalue weighted by Crippen LogP contribution is 2.47. The Balaban J connectivity index is 1.57. The summed E-state index contributed by atoms with van der Waals surface area (Å²) in [7, 11) is 5.30. The number of benzene rings is 2. The molecule has 30 heavy (non-hydrogen) atoms. The second-order valence-corrected chi connectivity index (χ2v) is 7.13. The summed E-state index contributed by atoms with van der Waals surface area (Å²) in [6.07, 6.45) is 1.69. The Labute approximate surface area is 175 Å². The predicted octanol–water partition coefficient (Wildman–Crippen LogP) is 1.44. The van der Waals surface area contributed by atoms with Crippen molar-refractivity contribution in [2.45, 2.75) is 12.5 Å². The van der Waals surface area contributed by atoms with Gasteiger partial charge in [0.25, 0.3) is 0 Å². The number of quaternary nitrogens is 1. The molecule has 2 aliphatic heterocycles. The van der Waals surface area contributed by atoms with Gasteiger partial charge < -0.3 is 28.6 Å². The Kier molecular flexibility index (Phi) is 5.68. The first kappa shape index (κ1) is 19.9. The zero-order chi connectivity index (χ0) is 21.1. The van der Waals surface area contributed by atoms with Crippen LogP contribution in [-0.4, -0.2) is 47.5 Å². The number of carbonyl (C=O) groups is 1. The van der Waals surface area contributed by atoms with Crippen LogP contribution in [0.3, 0.4) is 0 Å². The lowest BCUT2D eigenvalue weighted by Crippen LogP contribution is -3.10. The number of methoxy groups -OCH3 is 2. The lowest BCUT2D eigenvalue weighted by atomic mass is 9.91. The molecule has 0 radical (unpaired) electrons. The normalized spacial score (nSPS) is 18.6. The van der Waals surface area contributed by atoms with E-state index in [1.165, 1.54) is 17.6 Å². The first-order valence-electron chi connectivity index (χ1n) is 9.72. The van der Waals surface area contributed by atoms with Gasteiger partial charge in [-0.3, -0.25) is 4.79 Å². The average molecular weight is 410 g/mol. The van der Waals surface area contributed by atoms with Crippen LogP contribution in [0, 0.1) is 11.8 Å². The summed E-state index contributed by atoms with van der Waals surface area (Å²) >= 11 is 0. The minimum atomic E-state index is -0.0684. The van der Waals surface area contributed by atoms with Gasteiger partial charge in [-0.1, -0.05) is 5.92 Å². The smallest absolute Gasteiger partial charge is 0.231 e. The van der Waals surface area contributed by atoms with E-state index in [0.29, 0.717) is 28.6 Å². The van der Waals surface area contributed by atoms with Crippen molar-refractivity contribution in [3.05, 3.63) is 41.0 Å². The summed E-state index contributed by atoms with van der Waals surface area (Å²) in [5.41, 5.74) is 2.75. The largest absolute Gasteiger partial charge is 0.493 e. The number of hydrogen-bond acceptors (Lipinski definition) is 6. The fraction of sp³-hybridized carbons (Fsp3) is 0.348. The van der Waals surface area contributed by atoms with Crippen LogP contribution in [0.25, 0.3) is 0 Å². The van der Waals surface area contributed by atoms with E-state index in [9.17, 15) is 4.79 Å². The monoisotopic (exact) mass is 410 g/mol. The molecule has 4 rings (SSSR count). The van der Waals surface area contributed by atoms with Crippen LogP contribution < -0.4 is 28.6 Å². The van der Waals surface area contributed by atoms with Crippen LogP contribution in [0.1, 0.15) is 27.5 Å². The maximum atomic E-state index is 10.9. The molecule has 7 heteroatoms. The van der Waals surface area contributed by atoms with Crippen molar-refractivity contribution in [2.24, 2.45) is 0 Å². The van der Waals surface area contributed by atoms with E-state index in [0.717, 1.165) is 30.6 Å². The number of hydrogen-bond donors (Lipinski definition) is 1. The third-order valence-electron chi connectivity index (χ3n) is 5.39. The highest BCUT2D eigenvalue weighted by Gasteiger charge is 2.35. The first-order chi connectivity index (χ1) is 14.7. The van der Waals surface area contributed by atoms with E-state index in [1.54, 1.807) is 25.3 Å². The van der Waals surface area contributed by atoms with E-state index in [-0.39, 0.29) is 19.4 Å². The molecular formula is C23H24NO6+. The van der Waals surface area contributed by atoms with Crippen LogP contribution >= 0.6 is 0 Å². The second-order valence-electron chi connectivity index (χ2n) is 7.13. The number of ether oxygens (including phenoxy) is 5. The van der Waals surface area contributed by atoms with Gasteiger partial charge in [-0.05, 0) is 35.7 Å². The van der Waals surface area contributed by atoms with Crippen molar-refractivity contribution in [3.63, 3.8) is 0 Å². The van der Waals surface area contributed by atoms with Crippen LogP contribution in [0.2, 0.25) is 0 Å². The number of fused-ring (bicyclic) bond motifs is 2. The lowest BCUT2D eigenvalue weighted by molar-refractivity contribution is -0.905. The molecule has 0 amide bonds. The quantitative estimate of drug-likeness (QED) is 0.594. The van der Waals surface area contributed by atoms with E-state index >= 15 is 0 Å². The molecule has 7 nitrogen and oxygen atoms in total. The number of likely N-dealkylation sites (N-methyl/N-ethyl adjacent to an activating group) is 1.